The van der Waals surface area contributed by atoms with E-state index in [4.69, 9.17) is 19.2 Å². The third-order valence-corrected chi connectivity index (χ3v) is 15.2. The van der Waals surface area contributed by atoms with Gasteiger partial charge in [0.25, 0.3) is 11.8 Å². The third-order valence-electron chi connectivity index (χ3n) is 13.5. The summed E-state index contributed by atoms with van der Waals surface area (Å²) in [6.07, 6.45) is 8.17. The number of carbonyl (C=O) groups is 2. The number of aryl methyl sites for hydroxylation is 2. The predicted molar refractivity (Wildman–Crippen MR) is 273 cm³/mol. The van der Waals surface area contributed by atoms with E-state index in [1.54, 1.807) is 52.6 Å². The van der Waals surface area contributed by atoms with E-state index >= 15 is 0 Å². The summed E-state index contributed by atoms with van der Waals surface area (Å²) in [7, 11) is 2.16. The first-order chi connectivity index (χ1) is 36.4. The van der Waals surface area contributed by atoms with E-state index in [2.05, 4.69) is 69.9 Å². The Balaban J connectivity index is 0.000000190. The first-order valence-corrected chi connectivity index (χ1v) is 28.2. The molecule has 0 radical (unpaired) electrons. The lowest BCUT2D eigenvalue weighted by Crippen LogP contribution is -2.54. The first kappa shape index (κ1) is 53.7. The molecule has 26 heteroatoms. The number of alkyl halides is 4. The molecule has 0 aliphatic carbocycles. The number of benzene rings is 2. The van der Waals surface area contributed by atoms with Crippen molar-refractivity contribution in [2.24, 2.45) is 14.1 Å². The van der Waals surface area contributed by atoms with Crippen LogP contribution in [0.5, 0.6) is 11.5 Å². The predicted octanol–water partition coefficient (Wildman–Crippen LogP) is 6.55. The van der Waals surface area contributed by atoms with Gasteiger partial charge in [0.1, 0.15) is 52.0 Å². The number of H-pyrrole nitrogens is 1. The molecule has 0 bridgehead atoms. The van der Waals surface area contributed by atoms with E-state index in [-0.39, 0.29) is 42.6 Å². The largest absolute Gasteiger partial charge is 0.435 e. The fourth-order valence-electron chi connectivity index (χ4n) is 9.16. The number of fused-ring (bicyclic) bond motifs is 4. The lowest BCUT2D eigenvalue weighted by molar-refractivity contribution is -0.0504. The summed E-state index contributed by atoms with van der Waals surface area (Å²) >= 11 is 0. The molecular formula is C50H58F4N12O9Si. The van der Waals surface area contributed by atoms with Crippen molar-refractivity contribution in [3.05, 3.63) is 72.3 Å². The molecule has 404 valence electrons. The fourth-order valence-corrected chi connectivity index (χ4v) is 9.91. The van der Waals surface area contributed by atoms with Gasteiger partial charge in [-0.15, -0.1) is 0 Å². The van der Waals surface area contributed by atoms with Crippen molar-refractivity contribution in [1.29, 1.82) is 0 Å². The van der Waals surface area contributed by atoms with Gasteiger partial charge in [0, 0.05) is 78.4 Å². The molecule has 0 unspecified atom stereocenters. The summed E-state index contributed by atoms with van der Waals surface area (Å²) in [4.78, 5) is 48.2. The zero-order valence-electron chi connectivity index (χ0n) is 42.4. The van der Waals surface area contributed by atoms with Crippen LogP contribution in [0.1, 0.15) is 46.4 Å². The number of aromatic nitrogens is 10. The van der Waals surface area contributed by atoms with Crippen LogP contribution in [0.2, 0.25) is 25.7 Å². The number of hydrogen-bond donors (Lipinski definition) is 5. The van der Waals surface area contributed by atoms with Crippen LogP contribution in [0.15, 0.2) is 61.2 Å². The Hall–Kier alpha value is -7.10. The molecule has 2 fully saturated rings. The van der Waals surface area contributed by atoms with Crippen molar-refractivity contribution in [2.45, 2.75) is 82.4 Å². The summed E-state index contributed by atoms with van der Waals surface area (Å²) in [5, 5.41) is 36.1. The normalized spacial score (nSPS) is 15.6. The van der Waals surface area contributed by atoms with Crippen molar-refractivity contribution in [1.82, 2.24) is 59.7 Å². The van der Waals surface area contributed by atoms with Crippen molar-refractivity contribution in [3.8, 4) is 34.3 Å². The Morgan fingerprint density at radius 2 is 1.25 bits per heavy atom. The molecule has 2 aromatic carbocycles. The van der Waals surface area contributed by atoms with E-state index < -0.39 is 44.2 Å². The molecule has 8 aromatic rings. The van der Waals surface area contributed by atoms with Gasteiger partial charge in [-0.2, -0.15) is 27.8 Å². The molecule has 21 nitrogen and oxygen atoms in total. The van der Waals surface area contributed by atoms with Crippen LogP contribution >= 0.6 is 0 Å². The summed E-state index contributed by atoms with van der Waals surface area (Å²) in [6, 6.07) is 10.1. The summed E-state index contributed by atoms with van der Waals surface area (Å²) < 4.78 is 82.0. The van der Waals surface area contributed by atoms with Crippen LogP contribution in [0.3, 0.4) is 0 Å². The van der Waals surface area contributed by atoms with Crippen LogP contribution < -0.4 is 20.1 Å². The molecule has 2 saturated heterocycles. The van der Waals surface area contributed by atoms with Gasteiger partial charge in [0.2, 0.25) is 0 Å². The summed E-state index contributed by atoms with van der Waals surface area (Å²) in [5.41, 5.74) is 3.40. The van der Waals surface area contributed by atoms with E-state index in [0.29, 0.717) is 126 Å². The van der Waals surface area contributed by atoms with Gasteiger partial charge in [-0.05, 0) is 68.1 Å². The third kappa shape index (κ3) is 11.7. The molecule has 0 spiro atoms. The number of nitrogens with one attached hydrogen (secondary N) is 3. The number of aliphatic hydroxyl groups is 2. The highest BCUT2D eigenvalue weighted by molar-refractivity contribution is 6.76. The van der Waals surface area contributed by atoms with E-state index in [0.717, 1.165) is 6.04 Å². The standard InChI is InChI=1S/C28H36F2N6O5Si.C22H22F2N6O4/c1-35-22-6-5-18(41-27(29)30)13-19(22)23(34-35)21-14-31-25-24(32-21)20(15-36(25)17-40-11-12-42(2,3)4)26(38)33-28(16-37)7-9-39-10-8-28;1-30-16-3-2-12(34-21(23)24)8-13(16)17(29-30)15-10-26-19-18(27-15)14(9-25-19)20(32)28-22(11-31)4-6-33-7-5-22/h5-6,13-15,27,37H,7-12,16-17H2,1-4H3,(H,33,38);2-3,8-10,21,31H,4-7,11H2,1H3,(H,25,26)(H,28,32). The highest BCUT2D eigenvalue weighted by Gasteiger charge is 2.36. The van der Waals surface area contributed by atoms with Gasteiger partial charge in [-0.3, -0.25) is 19.0 Å². The zero-order chi connectivity index (χ0) is 53.9. The van der Waals surface area contributed by atoms with Gasteiger partial charge in [-0.1, -0.05) is 19.6 Å². The maximum absolute atomic E-state index is 13.7. The van der Waals surface area contributed by atoms with Gasteiger partial charge < -0.3 is 54.1 Å². The second-order valence-electron chi connectivity index (χ2n) is 20.0. The number of nitrogens with zero attached hydrogens (tertiary/aromatic N) is 9. The molecule has 76 heavy (non-hydrogen) atoms. The minimum Gasteiger partial charge on any atom is -0.435 e. The molecule has 2 amide bonds. The minimum atomic E-state index is -2.97. The number of halogens is 4. The van der Waals surface area contributed by atoms with Gasteiger partial charge in [-0.25, -0.2) is 19.9 Å². The summed E-state index contributed by atoms with van der Waals surface area (Å²) in [6.45, 7) is 2.99. The minimum absolute atomic E-state index is 0.00161. The molecule has 6 aromatic heterocycles. The molecule has 2 aliphatic rings. The van der Waals surface area contributed by atoms with E-state index in [1.807, 2.05) is 0 Å². The van der Waals surface area contributed by atoms with E-state index in [9.17, 15) is 37.4 Å². The Morgan fingerprint density at radius 1 is 0.750 bits per heavy atom. The Kier molecular flexibility index (Phi) is 15.7. The molecule has 0 saturated carbocycles. The Labute approximate surface area is 432 Å². The van der Waals surface area contributed by atoms with Crippen LogP contribution in [-0.2, 0) is 35.0 Å². The number of ether oxygens (including phenoxy) is 5. The van der Waals surface area contributed by atoms with Crippen molar-refractivity contribution < 1.29 is 61.0 Å². The van der Waals surface area contributed by atoms with Gasteiger partial charge in [0.15, 0.2) is 11.3 Å². The first-order valence-electron chi connectivity index (χ1n) is 24.5. The summed E-state index contributed by atoms with van der Waals surface area (Å²) in [5.74, 6) is -0.805. The number of amides is 2. The number of aromatic amines is 1. The van der Waals surface area contributed by atoms with Gasteiger partial charge >= 0.3 is 13.2 Å². The molecule has 5 N–H and O–H groups in total. The smallest absolute Gasteiger partial charge is 0.387 e. The highest BCUT2D eigenvalue weighted by atomic mass is 28.3. The second kappa shape index (κ2) is 22.2. The fraction of sp³-hybridized carbons (Fsp3) is 0.440. The maximum Gasteiger partial charge on any atom is 0.387 e. The number of rotatable bonds is 17. The van der Waals surface area contributed by atoms with Crippen LogP contribution in [-0.4, -0.2) is 150 Å². The monoisotopic (exact) mass is 1070 g/mol. The van der Waals surface area contributed by atoms with Crippen LogP contribution in [0.4, 0.5) is 17.6 Å². The molecule has 8 heterocycles. The Morgan fingerprint density at radius 3 is 1.75 bits per heavy atom. The second-order valence-corrected chi connectivity index (χ2v) is 25.6. The molecular weight excluding hydrogens is 1020 g/mol. The van der Waals surface area contributed by atoms with Crippen LogP contribution in [0.25, 0.3) is 66.9 Å². The highest BCUT2D eigenvalue weighted by Crippen LogP contribution is 2.34. The number of aliphatic hydroxyl groups excluding tert-OH is 2. The molecule has 2 aliphatic heterocycles. The van der Waals surface area contributed by atoms with Crippen molar-refractivity contribution >= 4 is 64.0 Å². The lowest BCUT2D eigenvalue weighted by atomic mass is 9.90. The molecule has 10 rings (SSSR count). The van der Waals surface area contributed by atoms with E-state index in [1.165, 1.54) is 36.7 Å². The maximum atomic E-state index is 13.7. The van der Waals surface area contributed by atoms with Crippen molar-refractivity contribution in [3.63, 3.8) is 0 Å². The van der Waals surface area contributed by atoms with Gasteiger partial charge in [0.05, 0.1) is 58.8 Å². The average molecular weight is 1080 g/mol. The quantitative estimate of drug-likeness (QED) is 0.0368. The number of hydrogen-bond acceptors (Lipinski definition) is 15. The zero-order valence-corrected chi connectivity index (χ0v) is 43.4. The van der Waals surface area contributed by atoms with Crippen molar-refractivity contribution in [2.75, 3.05) is 46.2 Å². The average Bonchev–Trinajstić information content (AvgIpc) is 4.21. The van der Waals surface area contributed by atoms with Crippen LogP contribution in [0, 0.1) is 0 Å². The topological polar surface area (TPSA) is 253 Å². The SMILES string of the molecule is Cn1nc(-c2cnc3[nH]cc(C(=O)NC4(CO)CCOCC4)c3n2)c2cc(OC(F)F)ccc21.Cn1nc(-c2cnc3c(n2)c(C(=O)NC2(CO)CCOCC2)cn3COCC[Si](C)(C)C)c2cc(OC(F)F)ccc21. The number of carbonyl (C=O) groups excluding carboxylic acids is 2. The lowest BCUT2D eigenvalue weighted by Gasteiger charge is -2.36. The Bertz CT molecular complexity index is 3380. The molecule has 0 atom stereocenters.